The van der Waals surface area contributed by atoms with E-state index in [4.69, 9.17) is 0 Å². The highest BCUT2D eigenvalue weighted by molar-refractivity contribution is 14.1. The Balaban J connectivity index is 1.85. The fourth-order valence-corrected chi connectivity index (χ4v) is 3.63. The predicted molar refractivity (Wildman–Crippen MR) is 78.8 cm³/mol. The molecule has 0 spiro atoms. The summed E-state index contributed by atoms with van der Waals surface area (Å²) in [5.41, 5.74) is 0. The van der Waals surface area contributed by atoms with Gasteiger partial charge in [-0.05, 0) is 48.3 Å². The summed E-state index contributed by atoms with van der Waals surface area (Å²) in [6, 6.07) is 1.89. The third-order valence-corrected chi connectivity index (χ3v) is 4.62. The minimum Gasteiger partial charge on any atom is -0.357 e. The van der Waals surface area contributed by atoms with E-state index in [0.29, 0.717) is 6.42 Å². The van der Waals surface area contributed by atoms with Crippen LogP contribution in [0.15, 0.2) is 6.07 Å². The van der Waals surface area contributed by atoms with Crippen molar-refractivity contribution < 1.29 is 8.78 Å². The van der Waals surface area contributed by atoms with Crippen LogP contribution in [0, 0.1) is 3.70 Å². The number of piperidine rings is 1. The van der Waals surface area contributed by atoms with Gasteiger partial charge in [0, 0.05) is 32.0 Å². The highest BCUT2D eigenvalue weighted by Crippen LogP contribution is 2.43. The molecule has 19 heavy (non-hydrogen) atoms. The molecule has 1 aromatic heterocycles. The summed E-state index contributed by atoms with van der Waals surface area (Å²) in [6.45, 7) is 2.04. The number of nitrogens with zero attached hydrogens (tertiary/aromatic N) is 3. The molecule has 0 amide bonds. The molecule has 1 aromatic rings. The van der Waals surface area contributed by atoms with Gasteiger partial charge in [-0.3, -0.25) is 0 Å². The lowest BCUT2D eigenvalue weighted by molar-refractivity contribution is 0.00523. The molecule has 106 valence electrons. The van der Waals surface area contributed by atoms with Gasteiger partial charge in [-0.25, -0.2) is 13.5 Å². The van der Waals surface area contributed by atoms with Gasteiger partial charge < -0.3 is 4.90 Å². The lowest BCUT2D eigenvalue weighted by Crippen LogP contribution is -2.32. The Morgan fingerprint density at radius 3 is 2.63 bits per heavy atom. The van der Waals surface area contributed by atoms with Gasteiger partial charge in [0.2, 0.25) is 5.92 Å². The normalized spacial score (nSPS) is 26.9. The molecule has 3 nitrogen and oxygen atoms in total. The quantitative estimate of drug-likeness (QED) is 0.726. The number of anilines is 1. The summed E-state index contributed by atoms with van der Waals surface area (Å²) in [5.74, 6) is -1.48. The highest BCUT2D eigenvalue weighted by Gasteiger charge is 2.41. The van der Waals surface area contributed by atoms with Gasteiger partial charge in [0.15, 0.2) is 0 Å². The number of hydrogen-bond acceptors (Lipinski definition) is 2. The average molecular weight is 381 g/mol. The number of rotatable bonds is 2. The Morgan fingerprint density at radius 2 is 2.00 bits per heavy atom. The Labute approximate surface area is 125 Å². The first kappa shape index (κ1) is 13.6. The Hall–Kier alpha value is -0.400. The lowest BCUT2D eigenvalue weighted by atomic mass is 10.1. The first-order valence-corrected chi connectivity index (χ1v) is 8.01. The van der Waals surface area contributed by atoms with Gasteiger partial charge in [-0.15, -0.1) is 0 Å². The van der Waals surface area contributed by atoms with Crippen molar-refractivity contribution in [3.05, 3.63) is 9.77 Å². The van der Waals surface area contributed by atoms with E-state index in [0.717, 1.165) is 22.6 Å². The minimum absolute atomic E-state index is 0.00640. The first-order chi connectivity index (χ1) is 9.05. The zero-order valence-electron chi connectivity index (χ0n) is 10.8. The smallest absolute Gasteiger partial charge is 0.250 e. The van der Waals surface area contributed by atoms with Crippen molar-refractivity contribution in [2.24, 2.45) is 0 Å². The zero-order valence-corrected chi connectivity index (χ0v) is 12.9. The molecule has 1 aliphatic carbocycles. The van der Waals surface area contributed by atoms with E-state index in [9.17, 15) is 8.78 Å². The number of alkyl halides is 2. The summed E-state index contributed by atoms with van der Waals surface area (Å²) >= 11 is 2.17. The van der Waals surface area contributed by atoms with E-state index in [-0.39, 0.29) is 18.9 Å². The maximum atomic E-state index is 13.4. The van der Waals surface area contributed by atoms with Gasteiger partial charge in [0.1, 0.15) is 9.52 Å². The maximum absolute atomic E-state index is 13.4. The molecule has 1 atom stereocenters. The van der Waals surface area contributed by atoms with E-state index in [1.807, 2.05) is 10.7 Å². The second-order valence-electron chi connectivity index (χ2n) is 5.57. The van der Waals surface area contributed by atoms with Crippen molar-refractivity contribution in [1.82, 2.24) is 9.78 Å². The van der Waals surface area contributed by atoms with Crippen LogP contribution in [0.1, 0.15) is 44.6 Å². The second kappa shape index (κ2) is 5.18. The number of hydrogen-bond donors (Lipinski definition) is 0. The minimum atomic E-state index is -2.51. The highest BCUT2D eigenvalue weighted by atomic mass is 127. The van der Waals surface area contributed by atoms with Crippen LogP contribution >= 0.6 is 22.6 Å². The molecule has 1 saturated carbocycles. The van der Waals surface area contributed by atoms with Crippen molar-refractivity contribution >= 4 is 28.4 Å². The Bertz CT molecular complexity index is 455. The van der Waals surface area contributed by atoms with Crippen molar-refractivity contribution in [3.8, 4) is 0 Å². The van der Waals surface area contributed by atoms with Crippen molar-refractivity contribution in [2.75, 3.05) is 18.0 Å². The van der Waals surface area contributed by atoms with Crippen LogP contribution in [0.4, 0.5) is 14.6 Å². The Kier molecular flexibility index (Phi) is 3.70. The summed E-state index contributed by atoms with van der Waals surface area (Å²) in [5, 5.41) is 4.46. The van der Waals surface area contributed by atoms with E-state index in [1.54, 1.807) is 0 Å². The topological polar surface area (TPSA) is 21.1 Å². The molecule has 6 heteroatoms. The summed E-state index contributed by atoms with van der Waals surface area (Å²) in [4.78, 5) is 2.30. The van der Waals surface area contributed by atoms with Crippen LogP contribution < -0.4 is 4.90 Å². The molecule has 1 aliphatic heterocycles. The molecule has 1 saturated heterocycles. The van der Waals surface area contributed by atoms with Gasteiger partial charge in [0.25, 0.3) is 0 Å². The standard InChI is InChI=1S/C13H18F2IN3/c14-13(15)5-4-10(9-13)19-12(8-11(16)17-19)18-6-2-1-3-7-18/h8,10H,1-7,9H2. The van der Waals surface area contributed by atoms with Crippen LogP contribution in [-0.2, 0) is 0 Å². The molecule has 0 radical (unpaired) electrons. The molecular weight excluding hydrogens is 363 g/mol. The number of aromatic nitrogens is 2. The lowest BCUT2D eigenvalue weighted by Gasteiger charge is -2.30. The van der Waals surface area contributed by atoms with Crippen molar-refractivity contribution in [3.63, 3.8) is 0 Å². The maximum Gasteiger partial charge on any atom is 0.250 e. The fourth-order valence-electron chi connectivity index (χ4n) is 3.12. The van der Waals surface area contributed by atoms with Crippen molar-refractivity contribution in [1.29, 1.82) is 0 Å². The molecular formula is C13H18F2IN3. The molecule has 0 N–H and O–H groups in total. The van der Waals surface area contributed by atoms with E-state index >= 15 is 0 Å². The summed E-state index contributed by atoms with van der Waals surface area (Å²) in [7, 11) is 0. The first-order valence-electron chi connectivity index (χ1n) is 6.93. The Morgan fingerprint density at radius 1 is 1.26 bits per heavy atom. The molecule has 0 aromatic carbocycles. The van der Waals surface area contributed by atoms with Crippen molar-refractivity contribution in [2.45, 2.75) is 50.5 Å². The fraction of sp³-hybridized carbons (Fsp3) is 0.769. The predicted octanol–water partition coefficient (Wildman–Crippen LogP) is 3.84. The monoisotopic (exact) mass is 381 g/mol. The largest absolute Gasteiger partial charge is 0.357 e. The molecule has 2 aliphatic rings. The van der Waals surface area contributed by atoms with Gasteiger partial charge >= 0.3 is 0 Å². The van der Waals surface area contributed by atoms with Crippen LogP contribution in [0.5, 0.6) is 0 Å². The molecule has 3 rings (SSSR count). The number of halogens is 3. The zero-order chi connectivity index (χ0) is 13.5. The van der Waals surface area contributed by atoms with Crippen LogP contribution in [-0.4, -0.2) is 28.8 Å². The average Bonchev–Trinajstić information content (AvgIpc) is 2.93. The van der Waals surface area contributed by atoms with E-state index in [1.165, 1.54) is 19.3 Å². The van der Waals surface area contributed by atoms with Gasteiger partial charge in [-0.2, -0.15) is 5.10 Å². The van der Waals surface area contributed by atoms with E-state index in [2.05, 4.69) is 32.6 Å². The molecule has 2 fully saturated rings. The van der Waals surface area contributed by atoms with Crippen LogP contribution in [0.2, 0.25) is 0 Å². The SMILES string of the molecule is FC1(F)CCC(n2nc(I)cc2N2CCCCC2)C1. The third kappa shape index (κ3) is 2.87. The molecule has 1 unspecified atom stereocenters. The van der Waals surface area contributed by atoms with Gasteiger partial charge in [-0.1, -0.05) is 0 Å². The summed E-state index contributed by atoms with van der Waals surface area (Å²) < 4.78 is 29.6. The second-order valence-corrected chi connectivity index (χ2v) is 6.68. The molecule has 0 bridgehead atoms. The van der Waals surface area contributed by atoms with Crippen LogP contribution in [0.3, 0.4) is 0 Å². The van der Waals surface area contributed by atoms with Gasteiger partial charge in [0.05, 0.1) is 6.04 Å². The third-order valence-electron chi connectivity index (χ3n) is 4.09. The summed E-state index contributed by atoms with van der Waals surface area (Å²) in [6.07, 6.45) is 4.10. The molecule has 2 heterocycles. The van der Waals surface area contributed by atoms with E-state index < -0.39 is 5.92 Å². The van der Waals surface area contributed by atoms with Crippen LogP contribution in [0.25, 0.3) is 0 Å².